The van der Waals surface area contributed by atoms with Gasteiger partial charge in [-0.2, -0.15) is 0 Å². The van der Waals surface area contributed by atoms with Crippen LogP contribution in [0.1, 0.15) is 25.5 Å². The number of anilines is 1. The number of H-pyrrole nitrogens is 1. The first-order chi connectivity index (χ1) is 14.7. The first-order valence-electron chi connectivity index (χ1n) is 9.52. The molecule has 9 heteroatoms. The van der Waals surface area contributed by atoms with Gasteiger partial charge in [0.05, 0.1) is 29.8 Å². The number of ketones is 1. The number of aromatic amines is 1. The normalized spacial score (nSPS) is 16.6. The van der Waals surface area contributed by atoms with Crippen LogP contribution in [0.25, 0.3) is 11.0 Å². The largest absolute Gasteiger partial charge is 0.503 e. The monoisotopic (exact) mass is 427 g/mol. The third kappa shape index (κ3) is 3.31. The van der Waals surface area contributed by atoms with Crippen molar-refractivity contribution in [2.75, 3.05) is 12.0 Å². The molecule has 0 spiro atoms. The van der Waals surface area contributed by atoms with Crippen LogP contribution in [0.3, 0.4) is 0 Å². The quantitative estimate of drug-likeness (QED) is 0.642. The molecule has 1 aliphatic heterocycles. The summed E-state index contributed by atoms with van der Waals surface area (Å²) in [6, 6.07) is 7.53. The Balaban J connectivity index is 1.91. The summed E-state index contributed by atoms with van der Waals surface area (Å²) in [7, 11) is 1.48. The number of nitrogens with zero attached hydrogens (tertiary/aromatic N) is 2. The van der Waals surface area contributed by atoms with Gasteiger partial charge in [-0.1, -0.05) is 26.0 Å². The number of carbonyl (C=O) groups is 2. The molecule has 2 aromatic carbocycles. The Hall–Kier alpha value is -3.75. The summed E-state index contributed by atoms with van der Waals surface area (Å²) in [4.78, 5) is 34.0. The first kappa shape index (κ1) is 20.5. The number of nitrogens with one attached hydrogen (secondary N) is 1. The predicted octanol–water partition coefficient (Wildman–Crippen LogP) is 3.97. The van der Waals surface area contributed by atoms with Crippen molar-refractivity contribution in [3.63, 3.8) is 0 Å². The van der Waals surface area contributed by atoms with E-state index in [4.69, 9.17) is 4.74 Å². The minimum Gasteiger partial charge on any atom is -0.503 e. The lowest BCUT2D eigenvalue weighted by molar-refractivity contribution is -0.119. The van der Waals surface area contributed by atoms with Crippen molar-refractivity contribution < 1.29 is 28.2 Å². The molecule has 2 N–H and O–H groups in total. The maximum Gasteiger partial charge on any atom is 0.296 e. The standard InChI is InChI=1S/C22H19F2N3O4/c1-10(2)19(28)17-18(11-5-4-6-12(7-11)31-3)27(21(30)20(17)29)22-25-15-8-13(23)14(24)9-16(15)26-22/h4-10,18,29H,1-3H3,(H,25,26). The summed E-state index contributed by atoms with van der Waals surface area (Å²) in [5.74, 6) is -4.17. The van der Waals surface area contributed by atoms with Gasteiger partial charge in [-0.15, -0.1) is 0 Å². The van der Waals surface area contributed by atoms with Crippen LogP contribution >= 0.6 is 0 Å². The molecule has 4 rings (SSSR count). The topological polar surface area (TPSA) is 95.5 Å². The summed E-state index contributed by atoms with van der Waals surface area (Å²) >= 11 is 0. The van der Waals surface area contributed by atoms with Gasteiger partial charge in [-0.3, -0.25) is 14.5 Å². The zero-order valence-corrected chi connectivity index (χ0v) is 16.9. The van der Waals surface area contributed by atoms with Gasteiger partial charge in [0.25, 0.3) is 5.91 Å². The van der Waals surface area contributed by atoms with Crippen molar-refractivity contribution >= 4 is 28.7 Å². The van der Waals surface area contributed by atoms with E-state index in [9.17, 15) is 23.5 Å². The number of carbonyl (C=O) groups excluding carboxylic acids is 2. The predicted molar refractivity (Wildman–Crippen MR) is 109 cm³/mol. The molecule has 7 nitrogen and oxygen atoms in total. The molecular formula is C22H19F2N3O4. The molecule has 3 aromatic rings. The zero-order chi connectivity index (χ0) is 22.4. The van der Waals surface area contributed by atoms with E-state index in [1.54, 1.807) is 38.1 Å². The Labute approximate surface area is 176 Å². The fourth-order valence-corrected chi connectivity index (χ4v) is 3.62. The molecule has 0 saturated carbocycles. The van der Waals surface area contributed by atoms with Gasteiger partial charge in [-0.25, -0.2) is 13.8 Å². The van der Waals surface area contributed by atoms with E-state index in [-0.39, 0.29) is 22.6 Å². The molecule has 1 amide bonds. The zero-order valence-electron chi connectivity index (χ0n) is 16.9. The highest BCUT2D eigenvalue weighted by Crippen LogP contribution is 2.42. The highest BCUT2D eigenvalue weighted by Gasteiger charge is 2.46. The number of fused-ring (bicyclic) bond motifs is 1. The van der Waals surface area contributed by atoms with E-state index >= 15 is 0 Å². The van der Waals surface area contributed by atoms with Gasteiger partial charge in [0.1, 0.15) is 5.75 Å². The summed E-state index contributed by atoms with van der Waals surface area (Å²) in [6.45, 7) is 3.32. The molecule has 0 aliphatic carbocycles. The number of hydrogen-bond acceptors (Lipinski definition) is 5. The third-order valence-corrected chi connectivity index (χ3v) is 5.15. The number of imidazole rings is 1. The lowest BCUT2D eigenvalue weighted by Crippen LogP contribution is -2.32. The number of halogens is 2. The van der Waals surface area contributed by atoms with Crippen LogP contribution in [0.15, 0.2) is 47.7 Å². The Morgan fingerprint density at radius 2 is 1.94 bits per heavy atom. The Morgan fingerprint density at radius 1 is 1.23 bits per heavy atom. The lowest BCUT2D eigenvalue weighted by Gasteiger charge is -2.25. The second-order valence-corrected chi connectivity index (χ2v) is 7.48. The molecule has 1 atom stereocenters. The summed E-state index contributed by atoms with van der Waals surface area (Å²) in [5.41, 5.74) is 0.674. The summed E-state index contributed by atoms with van der Waals surface area (Å²) < 4.78 is 32.5. The molecule has 1 aliphatic rings. The van der Waals surface area contributed by atoms with E-state index in [0.29, 0.717) is 11.3 Å². The van der Waals surface area contributed by atoms with E-state index in [1.165, 1.54) is 7.11 Å². The highest BCUT2D eigenvalue weighted by atomic mass is 19.2. The molecule has 1 aromatic heterocycles. The molecule has 31 heavy (non-hydrogen) atoms. The summed E-state index contributed by atoms with van der Waals surface area (Å²) in [6.07, 6.45) is 0. The molecule has 0 fully saturated rings. The Kier molecular flexibility index (Phi) is 4.96. The minimum absolute atomic E-state index is 0.0593. The van der Waals surface area contributed by atoms with Crippen molar-refractivity contribution in [2.45, 2.75) is 19.9 Å². The second-order valence-electron chi connectivity index (χ2n) is 7.48. The average Bonchev–Trinajstić information content (AvgIpc) is 3.25. The number of methoxy groups -OCH3 is 1. The molecule has 1 unspecified atom stereocenters. The number of aromatic nitrogens is 2. The molecule has 0 saturated heterocycles. The second kappa shape index (κ2) is 7.50. The highest BCUT2D eigenvalue weighted by molar-refractivity contribution is 6.16. The van der Waals surface area contributed by atoms with Crippen LogP contribution in [0.4, 0.5) is 14.7 Å². The van der Waals surface area contributed by atoms with Gasteiger partial charge < -0.3 is 14.8 Å². The third-order valence-electron chi connectivity index (χ3n) is 5.15. The Bertz CT molecular complexity index is 1210. The average molecular weight is 427 g/mol. The van der Waals surface area contributed by atoms with Crippen LogP contribution < -0.4 is 9.64 Å². The van der Waals surface area contributed by atoms with Gasteiger partial charge in [0, 0.05) is 18.1 Å². The van der Waals surface area contributed by atoms with Crippen molar-refractivity contribution in [1.29, 1.82) is 0 Å². The Morgan fingerprint density at radius 3 is 2.61 bits per heavy atom. The van der Waals surface area contributed by atoms with Crippen molar-refractivity contribution in [3.05, 3.63) is 64.9 Å². The molecule has 160 valence electrons. The molecule has 0 radical (unpaired) electrons. The molecule has 2 heterocycles. The number of aliphatic hydroxyl groups is 1. The van der Waals surface area contributed by atoms with E-state index in [0.717, 1.165) is 17.0 Å². The fourth-order valence-electron chi connectivity index (χ4n) is 3.62. The first-order valence-corrected chi connectivity index (χ1v) is 9.52. The number of amides is 1. The van der Waals surface area contributed by atoms with Crippen molar-refractivity contribution in [1.82, 2.24) is 9.97 Å². The van der Waals surface area contributed by atoms with Crippen LogP contribution in [0, 0.1) is 17.6 Å². The number of rotatable bonds is 5. The van der Waals surface area contributed by atoms with Crippen LogP contribution in [-0.2, 0) is 9.59 Å². The van der Waals surface area contributed by atoms with Gasteiger partial charge in [0.15, 0.2) is 23.2 Å². The van der Waals surface area contributed by atoms with Crippen molar-refractivity contribution in [2.24, 2.45) is 5.92 Å². The summed E-state index contributed by atoms with van der Waals surface area (Å²) in [5, 5.41) is 10.6. The van der Waals surface area contributed by atoms with Crippen LogP contribution in [0.5, 0.6) is 5.75 Å². The van der Waals surface area contributed by atoms with Crippen LogP contribution in [0.2, 0.25) is 0 Å². The molecule has 0 bridgehead atoms. The lowest BCUT2D eigenvalue weighted by atomic mass is 9.91. The number of benzene rings is 2. The maximum absolute atomic E-state index is 13.6. The van der Waals surface area contributed by atoms with Gasteiger partial charge in [-0.05, 0) is 17.7 Å². The molecular weight excluding hydrogens is 408 g/mol. The smallest absolute Gasteiger partial charge is 0.296 e. The number of aliphatic hydroxyl groups excluding tert-OH is 1. The number of ether oxygens (including phenoxy) is 1. The van der Waals surface area contributed by atoms with Crippen molar-refractivity contribution in [3.8, 4) is 5.75 Å². The van der Waals surface area contributed by atoms with Gasteiger partial charge in [0.2, 0.25) is 5.95 Å². The van der Waals surface area contributed by atoms with Gasteiger partial charge >= 0.3 is 0 Å². The maximum atomic E-state index is 13.6. The number of hydrogen-bond donors (Lipinski definition) is 2. The number of Topliss-reactive ketones (excluding diaryl/α,β-unsaturated/α-hetero) is 1. The van der Waals surface area contributed by atoms with Crippen LogP contribution in [-0.4, -0.2) is 33.9 Å². The van der Waals surface area contributed by atoms with E-state index in [1.807, 2.05) is 0 Å². The van der Waals surface area contributed by atoms with E-state index in [2.05, 4.69) is 9.97 Å². The SMILES string of the molecule is COc1cccc(C2C(C(=O)C(C)C)=C(O)C(=O)N2c2nc3cc(F)c(F)cc3[nH]2)c1. The van der Waals surface area contributed by atoms with E-state index < -0.39 is 41.0 Å². The minimum atomic E-state index is -1.08. The fraction of sp³-hybridized carbons (Fsp3) is 0.227.